The fourth-order valence-electron chi connectivity index (χ4n) is 4.78. The minimum atomic E-state index is 0.106. The molecule has 2 fully saturated rings. The fourth-order valence-corrected chi connectivity index (χ4v) is 4.78. The summed E-state index contributed by atoms with van der Waals surface area (Å²) in [5.41, 5.74) is 1.41. The first kappa shape index (κ1) is 22.6. The van der Waals surface area contributed by atoms with Crippen LogP contribution in [0.3, 0.4) is 0 Å². The van der Waals surface area contributed by atoms with E-state index < -0.39 is 0 Å². The predicted octanol–water partition coefficient (Wildman–Crippen LogP) is 2.85. The lowest BCUT2D eigenvalue weighted by Gasteiger charge is -2.48. The van der Waals surface area contributed by atoms with Gasteiger partial charge in [-0.2, -0.15) is 0 Å². The maximum atomic E-state index is 12.0. The molecule has 1 aromatic rings. The zero-order valence-electron chi connectivity index (χ0n) is 18.9. The number of hydrogen-bond acceptors (Lipinski definition) is 3. The van der Waals surface area contributed by atoms with Crippen molar-refractivity contribution in [2.24, 2.45) is 10.9 Å². The van der Waals surface area contributed by atoms with Gasteiger partial charge in [0.2, 0.25) is 5.91 Å². The van der Waals surface area contributed by atoms with E-state index in [4.69, 9.17) is 0 Å². The first-order valence-corrected chi connectivity index (χ1v) is 11.6. The van der Waals surface area contributed by atoms with Gasteiger partial charge in [-0.15, -0.1) is 0 Å². The molecule has 6 nitrogen and oxygen atoms in total. The number of guanidine groups is 1. The molecule has 0 aliphatic carbocycles. The largest absolute Gasteiger partial charge is 0.356 e. The van der Waals surface area contributed by atoms with Crippen molar-refractivity contribution in [2.45, 2.75) is 64.6 Å². The molecule has 3 unspecified atom stereocenters. The van der Waals surface area contributed by atoms with E-state index in [-0.39, 0.29) is 11.9 Å². The van der Waals surface area contributed by atoms with Crippen LogP contribution >= 0.6 is 0 Å². The number of carbonyl (C=O) groups is 1. The molecule has 30 heavy (non-hydrogen) atoms. The van der Waals surface area contributed by atoms with Gasteiger partial charge in [0.15, 0.2) is 5.96 Å². The third-order valence-electron chi connectivity index (χ3n) is 6.58. The van der Waals surface area contributed by atoms with Gasteiger partial charge in [0.05, 0.1) is 0 Å². The number of likely N-dealkylation sites (tertiary alicyclic amines) is 2. The van der Waals surface area contributed by atoms with Crippen molar-refractivity contribution >= 4 is 11.9 Å². The van der Waals surface area contributed by atoms with Gasteiger partial charge in [-0.1, -0.05) is 37.3 Å². The molecule has 0 saturated carbocycles. The zero-order valence-corrected chi connectivity index (χ0v) is 18.9. The molecule has 1 aromatic carbocycles. The van der Waals surface area contributed by atoms with Crippen LogP contribution < -0.4 is 10.6 Å². The first-order valence-electron chi connectivity index (χ1n) is 11.6. The lowest BCUT2D eigenvalue weighted by atomic mass is 9.83. The second-order valence-corrected chi connectivity index (χ2v) is 8.76. The lowest BCUT2D eigenvalue weighted by molar-refractivity contribution is -0.121. The summed E-state index contributed by atoms with van der Waals surface area (Å²) >= 11 is 0. The van der Waals surface area contributed by atoms with Gasteiger partial charge in [0.25, 0.3) is 0 Å². The second-order valence-electron chi connectivity index (χ2n) is 8.76. The van der Waals surface area contributed by atoms with E-state index in [0.717, 1.165) is 32.0 Å². The highest BCUT2D eigenvalue weighted by atomic mass is 16.1. The van der Waals surface area contributed by atoms with Crippen LogP contribution in [0.4, 0.5) is 0 Å². The van der Waals surface area contributed by atoms with Crippen molar-refractivity contribution in [3.63, 3.8) is 0 Å². The topological polar surface area (TPSA) is 60.0 Å². The Morgan fingerprint density at radius 2 is 2.03 bits per heavy atom. The van der Waals surface area contributed by atoms with E-state index in [1.807, 2.05) is 14.0 Å². The van der Waals surface area contributed by atoms with Crippen LogP contribution in [0.5, 0.6) is 0 Å². The molecule has 0 spiro atoms. The van der Waals surface area contributed by atoms with Crippen LogP contribution in [-0.4, -0.2) is 67.0 Å². The summed E-state index contributed by atoms with van der Waals surface area (Å²) in [6, 6.07) is 11.7. The van der Waals surface area contributed by atoms with E-state index in [1.165, 1.54) is 31.4 Å². The van der Waals surface area contributed by atoms with Gasteiger partial charge < -0.3 is 15.5 Å². The molecule has 2 aliphatic rings. The van der Waals surface area contributed by atoms with Gasteiger partial charge >= 0.3 is 0 Å². The number of aliphatic imine (C=N–C) groups is 1. The molecule has 2 saturated heterocycles. The van der Waals surface area contributed by atoms with Crippen molar-refractivity contribution in [3.8, 4) is 0 Å². The summed E-state index contributed by atoms with van der Waals surface area (Å²) in [6.07, 6.45) is 5.17. The number of nitrogens with zero attached hydrogens (tertiary/aromatic N) is 3. The average molecular weight is 414 g/mol. The molecule has 6 heteroatoms. The van der Waals surface area contributed by atoms with Gasteiger partial charge in [-0.05, 0) is 50.6 Å². The number of rotatable bonds is 7. The third-order valence-corrected chi connectivity index (χ3v) is 6.58. The maximum Gasteiger partial charge on any atom is 0.221 e. The van der Waals surface area contributed by atoms with Crippen LogP contribution in [0.1, 0.15) is 51.5 Å². The predicted molar refractivity (Wildman–Crippen MR) is 123 cm³/mol. The Morgan fingerprint density at radius 1 is 1.23 bits per heavy atom. The maximum absolute atomic E-state index is 12.0. The summed E-state index contributed by atoms with van der Waals surface area (Å²) in [7, 11) is 1.84. The number of nitrogens with one attached hydrogen (secondary N) is 2. The molecule has 0 bridgehead atoms. The highest BCUT2D eigenvalue weighted by Gasteiger charge is 2.36. The number of amides is 1. The number of fused-ring (bicyclic) bond motifs is 1. The van der Waals surface area contributed by atoms with Crippen molar-refractivity contribution < 1.29 is 4.79 Å². The quantitative estimate of drug-likeness (QED) is 0.533. The molecule has 3 rings (SSSR count). The molecule has 2 heterocycles. The first-order chi connectivity index (χ1) is 14.6. The van der Waals surface area contributed by atoms with E-state index in [1.54, 1.807) is 0 Å². The standard InChI is InChI=1S/C24H39N5O/c1-4-19(2)27-23(30)12-14-26-24(25-3)29-16-13-22-21(18-29)11-8-15-28(22)17-20-9-6-5-7-10-20/h5-7,9-10,19,21-22H,4,8,11-18H2,1-3H3,(H,25,26)(H,27,30). The Bertz CT molecular complexity index is 692. The summed E-state index contributed by atoms with van der Waals surface area (Å²) in [5.74, 6) is 1.73. The molecule has 2 aliphatic heterocycles. The highest BCUT2D eigenvalue weighted by molar-refractivity contribution is 5.81. The Hall–Kier alpha value is -2.08. The number of carbonyl (C=O) groups excluding carboxylic acids is 1. The molecule has 1 amide bonds. The summed E-state index contributed by atoms with van der Waals surface area (Å²) in [5, 5.41) is 6.43. The van der Waals surface area contributed by atoms with Crippen LogP contribution in [-0.2, 0) is 11.3 Å². The molecular weight excluding hydrogens is 374 g/mol. The molecule has 2 N–H and O–H groups in total. The normalized spacial score (nSPS) is 23.6. The number of piperidine rings is 2. The minimum absolute atomic E-state index is 0.106. The van der Waals surface area contributed by atoms with E-state index >= 15 is 0 Å². The number of hydrogen-bond donors (Lipinski definition) is 2. The second kappa shape index (κ2) is 11.3. The molecule has 166 valence electrons. The van der Waals surface area contributed by atoms with Crippen LogP contribution in [0.15, 0.2) is 35.3 Å². The molecular formula is C24H39N5O. The Labute approximate surface area is 182 Å². The lowest BCUT2D eigenvalue weighted by Crippen LogP contribution is -2.56. The monoisotopic (exact) mass is 413 g/mol. The summed E-state index contributed by atoms with van der Waals surface area (Å²) in [6.45, 7) is 9.08. The number of benzene rings is 1. The molecule has 3 atom stereocenters. The molecule has 0 aromatic heterocycles. The minimum Gasteiger partial charge on any atom is -0.356 e. The van der Waals surface area contributed by atoms with Crippen LogP contribution in [0.2, 0.25) is 0 Å². The van der Waals surface area contributed by atoms with E-state index in [0.29, 0.717) is 24.9 Å². The van der Waals surface area contributed by atoms with Gasteiger partial charge in [0, 0.05) is 51.7 Å². The van der Waals surface area contributed by atoms with Crippen molar-refractivity contribution in [3.05, 3.63) is 35.9 Å². The van der Waals surface area contributed by atoms with Gasteiger partial charge in [-0.25, -0.2) is 0 Å². The van der Waals surface area contributed by atoms with Crippen LogP contribution in [0.25, 0.3) is 0 Å². The van der Waals surface area contributed by atoms with E-state index in [2.05, 4.69) is 62.7 Å². The smallest absolute Gasteiger partial charge is 0.221 e. The fraction of sp³-hybridized carbons (Fsp3) is 0.667. The van der Waals surface area contributed by atoms with Crippen LogP contribution in [0, 0.1) is 5.92 Å². The van der Waals surface area contributed by atoms with Gasteiger partial charge in [-0.3, -0.25) is 14.7 Å². The van der Waals surface area contributed by atoms with Crippen molar-refractivity contribution in [1.29, 1.82) is 0 Å². The SMILES string of the molecule is CCC(C)NC(=O)CCNC(=NC)N1CCC2C(CCCN2Cc2ccccc2)C1. The zero-order chi connectivity index (χ0) is 21.3. The Balaban J connectivity index is 1.49. The Kier molecular flexibility index (Phi) is 8.55. The van der Waals surface area contributed by atoms with Crippen molar-refractivity contribution in [1.82, 2.24) is 20.4 Å². The average Bonchev–Trinajstić information content (AvgIpc) is 2.77. The Morgan fingerprint density at radius 3 is 2.77 bits per heavy atom. The highest BCUT2D eigenvalue weighted by Crippen LogP contribution is 2.31. The third kappa shape index (κ3) is 6.21. The molecule has 0 radical (unpaired) electrons. The van der Waals surface area contributed by atoms with Gasteiger partial charge in [0.1, 0.15) is 0 Å². The van der Waals surface area contributed by atoms with E-state index in [9.17, 15) is 4.79 Å². The van der Waals surface area contributed by atoms with Crippen molar-refractivity contribution in [2.75, 3.05) is 33.2 Å². The summed E-state index contributed by atoms with van der Waals surface area (Å²) < 4.78 is 0. The summed E-state index contributed by atoms with van der Waals surface area (Å²) in [4.78, 5) is 21.6.